The summed E-state index contributed by atoms with van der Waals surface area (Å²) in [5.74, 6) is -0.830. The molecule has 1 aromatic rings. The van der Waals surface area contributed by atoms with E-state index in [0.29, 0.717) is 32.7 Å². The van der Waals surface area contributed by atoms with Crippen molar-refractivity contribution in [3.8, 4) is 0 Å². The first kappa shape index (κ1) is 15.3. The number of hydrogen-bond donors (Lipinski definition) is 2. The lowest BCUT2D eigenvalue weighted by molar-refractivity contribution is -0.138. The zero-order valence-electron chi connectivity index (χ0n) is 12.2. The second kappa shape index (κ2) is 7.07. The number of carbonyl (C=O) groups excluding carboxylic acids is 1. The topological polar surface area (TPSA) is 90.7 Å². The zero-order valence-corrected chi connectivity index (χ0v) is 12.2. The van der Waals surface area contributed by atoms with Gasteiger partial charge in [0.15, 0.2) is 0 Å². The van der Waals surface area contributed by atoms with Crippen LogP contribution < -0.4 is 5.32 Å². The van der Waals surface area contributed by atoms with Gasteiger partial charge in [0.1, 0.15) is 0 Å². The Kier molecular flexibility index (Phi) is 5.15. The molecular formula is C13H21N5O3. The number of rotatable bonds is 5. The molecule has 2 rings (SSSR count). The van der Waals surface area contributed by atoms with Crippen molar-refractivity contribution in [3.63, 3.8) is 0 Å². The van der Waals surface area contributed by atoms with Gasteiger partial charge in [-0.25, -0.2) is 4.79 Å². The van der Waals surface area contributed by atoms with Crippen LogP contribution in [0.2, 0.25) is 0 Å². The summed E-state index contributed by atoms with van der Waals surface area (Å²) >= 11 is 0. The lowest BCUT2D eigenvalue weighted by Gasteiger charge is -2.33. The van der Waals surface area contributed by atoms with Crippen molar-refractivity contribution in [1.29, 1.82) is 0 Å². The van der Waals surface area contributed by atoms with Crippen molar-refractivity contribution < 1.29 is 14.7 Å². The number of nitrogens with one attached hydrogen (secondary N) is 1. The normalized spacial score (nSPS) is 16.0. The van der Waals surface area contributed by atoms with Crippen molar-refractivity contribution in [3.05, 3.63) is 18.0 Å². The van der Waals surface area contributed by atoms with Gasteiger partial charge < -0.3 is 15.3 Å². The summed E-state index contributed by atoms with van der Waals surface area (Å²) in [6.07, 6.45) is 2.47. The van der Waals surface area contributed by atoms with E-state index in [2.05, 4.69) is 10.4 Å². The minimum atomic E-state index is -0.830. The molecule has 0 spiro atoms. The molecular weight excluding hydrogens is 274 g/mol. The van der Waals surface area contributed by atoms with Crippen LogP contribution in [0, 0.1) is 0 Å². The lowest BCUT2D eigenvalue weighted by Crippen LogP contribution is -2.52. The fraction of sp³-hybridized carbons (Fsp3) is 0.615. The Bertz CT molecular complexity index is 494. The Labute approximate surface area is 123 Å². The predicted molar refractivity (Wildman–Crippen MR) is 76.0 cm³/mol. The van der Waals surface area contributed by atoms with E-state index < -0.39 is 5.97 Å². The third kappa shape index (κ3) is 4.45. The van der Waals surface area contributed by atoms with Gasteiger partial charge in [0.25, 0.3) is 0 Å². The highest BCUT2D eigenvalue weighted by molar-refractivity contribution is 5.74. The van der Waals surface area contributed by atoms with Gasteiger partial charge >= 0.3 is 12.0 Å². The zero-order chi connectivity index (χ0) is 15.2. The molecule has 1 aromatic heterocycles. The molecule has 8 nitrogen and oxygen atoms in total. The van der Waals surface area contributed by atoms with Gasteiger partial charge in [0, 0.05) is 58.1 Å². The second-order valence-electron chi connectivity index (χ2n) is 5.09. The van der Waals surface area contributed by atoms with Gasteiger partial charge in [-0.05, 0) is 6.07 Å². The summed E-state index contributed by atoms with van der Waals surface area (Å²) in [6.45, 7) is 2.92. The van der Waals surface area contributed by atoms with Gasteiger partial charge in [0.05, 0.1) is 6.54 Å². The SMILES string of the molecule is Cn1nccc1CCNC(=O)N1CCN(CC(=O)O)CC1. The number of hydrogen-bond acceptors (Lipinski definition) is 4. The largest absolute Gasteiger partial charge is 0.480 e. The molecule has 2 heterocycles. The molecule has 0 saturated carbocycles. The Morgan fingerprint density at radius 1 is 1.33 bits per heavy atom. The number of carbonyl (C=O) groups is 2. The number of urea groups is 1. The first-order valence-electron chi connectivity index (χ1n) is 7.00. The molecule has 8 heteroatoms. The van der Waals surface area contributed by atoms with Crippen LogP contribution in [0.25, 0.3) is 0 Å². The highest BCUT2D eigenvalue weighted by Gasteiger charge is 2.21. The third-order valence-electron chi connectivity index (χ3n) is 3.60. The van der Waals surface area contributed by atoms with Crippen molar-refractivity contribution >= 4 is 12.0 Å². The monoisotopic (exact) mass is 295 g/mol. The first-order valence-corrected chi connectivity index (χ1v) is 7.00. The average Bonchev–Trinajstić information content (AvgIpc) is 2.84. The molecule has 21 heavy (non-hydrogen) atoms. The van der Waals surface area contributed by atoms with E-state index in [0.717, 1.165) is 12.1 Å². The second-order valence-corrected chi connectivity index (χ2v) is 5.09. The Hall–Kier alpha value is -2.09. The predicted octanol–water partition coefficient (Wildman–Crippen LogP) is -0.626. The highest BCUT2D eigenvalue weighted by atomic mass is 16.4. The van der Waals surface area contributed by atoms with Crippen LogP contribution in [0.15, 0.2) is 12.3 Å². The van der Waals surface area contributed by atoms with E-state index in [1.807, 2.05) is 18.0 Å². The van der Waals surface area contributed by atoms with E-state index in [9.17, 15) is 9.59 Å². The first-order chi connectivity index (χ1) is 10.1. The molecule has 1 aliphatic heterocycles. The molecule has 0 atom stereocenters. The van der Waals surface area contributed by atoms with Crippen LogP contribution in [-0.2, 0) is 18.3 Å². The van der Waals surface area contributed by atoms with E-state index in [4.69, 9.17) is 5.11 Å². The fourth-order valence-electron chi connectivity index (χ4n) is 2.36. The van der Waals surface area contributed by atoms with Crippen LogP contribution in [0.5, 0.6) is 0 Å². The van der Waals surface area contributed by atoms with Crippen molar-refractivity contribution in [2.24, 2.45) is 7.05 Å². The maximum Gasteiger partial charge on any atom is 0.317 e. The van der Waals surface area contributed by atoms with E-state index in [1.54, 1.807) is 15.8 Å². The number of piperazine rings is 1. The third-order valence-corrected chi connectivity index (χ3v) is 3.60. The smallest absolute Gasteiger partial charge is 0.317 e. The summed E-state index contributed by atoms with van der Waals surface area (Å²) in [7, 11) is 1.87. The van der Waals surface area contributed by atoms with Crippen LogP contribution in [0.4, 0.5) is 4.79 Å². The van der Waals surface area contributed by atoms with Crippen molar-refractivity contribution in [2.45, 2.75) is 6.42 Å². The number of carboxylic acids is 1. The maximum absolute atomic E-state index is 12.0. The summed E-state index contributed by atoms with van der Waals surface area (Å²) in [5, 5.41) is 15.7. The molecule has 1 fully saturated rings. The van der Waals surface area contributed by atoms with Crippen LogP contribution in [0.3, 0.4) is 0 Å². The van der Waals surface area contributed by atoms with E-state index in [-0.39, 0.29) is 12.6 Å². The fourth-order valence-corrected chi connectivity index (χ4v) is 2.36. The number of amides is 2. The van der Waals surface area contributed by atoms with Gasteiger partial charge in [0.2, 0.25) is 0 Å². The number of carboxylic acid groups (broad SMARTS) is 1. The average molecular weight is 295 g/mol. The van der Waals surface area contributed by atoms with Crippen LogP contribution >= 0.6 is 0 Å². The van der Waals surface area contributed by atoms with Crippen molar-refractivity contribution in [2.75, 3.05) is 39.3 Å². The highest BCUT2D eigenvalue weighted by Crippen LogP contribution is 2.02. The molecule has 0 unspecified atom stereocenters. The lowest BCUT2D eigenvalue weighted by atomic mass is 10.3. The molecule has 0 radical (unpaired) electrons. The number of aryl methyl sites for hydroxylation is 1. The molecule has 2 N–H and O–H groups in total. The summed E-state index contributed by atoms with van der Waals surface area (Å²) < 4.78 is 1.79. The van der Waals surface area contributed by atoms with Crippen LogP contribution in [0.1, 0.15) is 5.69 Å². The maximum atomic E-state index is 12.0. The van der Waals surface area contributed by atoms with Gasteiger partial charge in [-0.3, -0.25) is 14.4 Å². The number of nitrogens with zero attached hydrogens (tertiary/aromatic N) is 4. The van der Waals surface area contributed by atoms with E-state index >= 15 is 0 Å². The standard InChI is InChI=1S/C13H21N5O3/c1-16-11(3-5-15-16)2-4-14-13(21)18-8-6-17(7-9-18)10-12(19)20/h3,5H,2,4,6-10H2,1H3,(H,14,21)(H,19,20). The van der Waals surface area contributed by atoms with E-state index in [1.165, 1.54) is 0 Å². The molecule has 0 aromatic carbocycles. The van der Waals surface area contributed by atoms with Crippen molar-refractivity contribution in [1.82, 2.24) is 24.9 Å². The number of aliphatic carboxylic acids is 1. The van der Waals surface area contributed by atoms with Crippen LogP contribution in [-0.4, -0.2) is 76.0 Å². The molecule has 116 valence electrons. The quantitative estimate of drug-likeness (QED) is 0.755. The minimum Gasteiger partial charge on any atom is -0.480 e. The van der Waals surface area contributed by atoms with Gasteiger partial charge in [-0.15, -0.1) is 0 Å². The molecule has 0 bridgehead atoms. The minimum absolute atomic E-state index is 0.0376. The Morgan fingerprint density at radius 2 is 2.05 bits per heavy atom. The Morgan fingerprint density at radius 3 is 2.62 bits per heavy atom. The summed E-state index contributed by atoms with van der Waals surface area (Å²) in [4.78, 5) is 26.2. The molecule has 0 aliphatic carbocycles. The summed E-state index contributed by atoms with van der Waals surface area (Å²) in [6, 6.07) is 1.84. The Balaban J connectivity index is 1.68. The molecule has 1 aliphatic rings. The number of aromatic nitrogens is 2. The summed E-state index contributed by atoms with van der Waals surface area (Å²) in [5.41, 5.74) is 1.07. The molecule has 1 saturated heterocycles. The molecule has 2 amide bonds. The van der Waals surface area contributed by atoms with Gasteiger partial charge in [-0.1, -0.05) is 0 Å². The van der Waals surface area contributed by atoms with Gasteiger partial charge in [-0.2, -0.15) is 5.10 Å².